The molecule has 0 bridgehead atoms. The molecule has 0 fully saturated rings. The first-order chi connectivity index (χ1) is 9.83. The molecule has 0 unspecified atom stereocenters. The summed E-state index contributed by atoms with van der Waals surface area (Å²) in [6.45, 7) is 3.16. The first-order valence-electron chi connectivity index (χ1n) is 7.30. The van der Waals surface area contributed by atoms with Gasteiger partial charge in [-0.15, -0.1) is 0 Å². The van der Waals surface area contributed by atoms with Crippen molar-refractivity contribution in [3.05, 3.63) is 42.5 Å². The van der Waals surface area contributed by atoms with Crippen LogP contribution in [0.15, 0.2) is 36.9 Å². The van der Waals surface area contributed by atoms with Gasteiger partial charge in [0.25, 0.3) is 0 Å². The Morgan fingerprint density at radius 3 is 2.60 bits per heavy atom. The molecule has 2 rings (SSSR count). The zero-order valence-corrected chi connectivity index (χ0v) is 12.3. The maximum atomic E-state index is 5.23. The second kappa shape index (κ2) is 7.68. The van der Waals surface area contributed by atoms with Gasteiger partial charge >= 0.3 is 0 Å². The van der Waals surface area contributed by atoms with E-state index in [1.807, 2.05) is 16.8 Å². The molecular formula is C16H23N3O. The van der Waals surface area contributed by atoms with Crippen molar-refractivity contribution in [1.29, 1.82) is 0 Å². The maximum Gasteiger partial charge on any atom is 0.137 e. The smallest absolute Gasteiger partial charge is 0.137 e. The van der Waals surface area contributed by atoms with Crippen LogP contribution in [0.5, 0.6) is 5.75 Å². The van der Waals surface area contributed by atoms with E-state index in [4.69, 9.17) is 4.74 Å². The van der Waals surface area contributed by atoms with E-state index in [1.165, 1.54) is 24.8 Å². The Bertz CT molecular complexity index is 479. The van der Waals surface area contributed by atoms with Gasteiger partial charge in [0, 0.05) is 6.54 Å². The van der Waals surface area contributed by atoms with Crippen LogP contribution in [0.25, 0.3) is 0 Å². The number of rotatable bonds is 8. The van der Waals surface area contributed by atoms with Gasteiger partial charge in [0.2, 0.25) is 0 Å². The van der Waals surface area contributed by atoms with Crippen LogP contribution >= 0.6 is 0 Å². The Morgan fingerprint density at radius 1 is 1.20 bits per heavy atom. The van der Waals surface area contributed by atoms with Gasteiger partial charge in [0.1, 0.15) is 18.4 Å². The average Bonchev–Trinajstić information content (AvgIpc) is 3.01. The summed E-state index contributed by atoms with van der Waals surface area (Å²) in [5.41, 5.74) is 1.39. The molecule has 4 nitrogen and oxygen atoms in total. The summed E-state index contributed by atoms with van der Waals surface area (Å²) in [4.78, 5) is 3.99. The summed E-state index contributed by atoms with van der Waals surface area (Å²) in [7, 11) is 1.70. The maximum absolute atomic E-state index is 5.23. The van der Waals surface area contributed by atoms with E-state index >= 15 is 0 Å². The van der Waals surface area contributed by atoms with Gasteiger partial charge in [-0.2, -0.15) is 5.10 Å². The largest absolute Gasteiger partial charge is 0.497 e. The molecule has 20 heavy (non-hydrogen) atoms. The lowest BCUT2D eigenvalue weighted by Gasteiger charge is -2.17. The third-order valence-electron chi connectivity index (χ3n) is 3.67. The summed E-state index contributed by atoms with van der Waals surface area (Å²) in [6.07, 6.45) is 8.18. The third-order valence-corrected chi connectivity index (χ3v) is 3.67. The number of benzene rings is 1. The number of aryl methyl sites for hydroxylation is 1. The lowest BCUT2D eigenvalue weighted by molar-refractivity contribution is 0.414. The molecule has 2 aromatic rings. The molecule has 0 aliphatic rings. The van der Waals surface area contributed by atoms with Crippen molar-refractivity contribution < 1.29 is 4.74 Å². The van der Waals surface area contributed by atoms with Crippen LogP contribution in [0.2, 0.25) is 0 Å². The van der Waals surface area contributed by atoms with Crippen LogP contribution in [0.4, 0.5) is 0 Å². The predicted octanol–water partition coefficient (Wildman–Crippen LogP) is 3.65. The van der Waals surface area contributed by atoms with Crippen molar-refractivity contribution in [2.45, 2.75) is 45.1 Å². The van der Waals surface area contributed by atoms with E-state index in [9.17, 15) is 0 Å². The Morgan fingerprint density at radius 2 is 2.00 bits per heavy atom. The Hall–Kier alpha value is -1.84. The summed E-state index contributed by atoms with van der Waals surface area (Å²) in [5.74, 6) is 1.49. The topological polar surface area (TPSA) is 39.9 Å². The zero-order valence-electron chi connectivity index (χ0n) is 12.3. The molecule has 0 N–H and O–H groups in total. The number of hydrogen-bond donors (Lipinski definition) is 0. The van der Waals surface area contributed by atoms with Crippen LogP contribution in [0.1, 0.15) is 44.1 Å². The van der Waals surface area contributed by atoms with Gasteiger partial charge in [-0.25, -0.2) is 4.98 Å². The molecule has 0 amide bonds. The summed E-state index contributed by atoms with van der Waals surface area (Å²) in [6, 6.07) is 8.45. The van der Waals surface area contributed by atoms with Crippen molar-refractivity contribution >= 4 is 0 Å². The van der Waals surface area contributed by atoms with E-state index < -0.39 is 0 Å². The van der Waals surface area contributed by atoms with E-state index in [2.05, 4.69) is 29.1 Å². The Kier molecular flexibility index (Phi) is 5.59. The lowest BCUT2D eigenvalue weighted by atomic mass is 9.90. The Labute approximate surface area is 120 Å². The highest BCUT2D eigenvalue weighted by Crippen LogP contribution is 2.27. The molecule has 0 radical (unpaired) electrons. The minimum atomic E-state index is 0.574. The molecule has 0 spiro atoms. The van der Waals surface area contributed by atoms with Crippen LogP contribution in [0.3, 0.4) is 0 Å². The molecular weight excluding hydrogens is 250 g/mol. The number of aromatic nitrogens is 3. The quantitative estimate of drug-likeness (QED) is 0.737. The molecule has 1 heterocycles. The lowest BCUT2D eigenvalue weighted by Crippen LogP contribution is -2.06. The molecule has 1 atom stereocenters. The first-order valence-corrected chi connectivity index (χ1v) is 7.30. The summed E-state index contributed by atoms with van der Waals surface area (Å²) in [5, 5.41) is 4.18. The second-order valence-corrected chi connectivity index (χ2v) is 5.06. The van der Waals surface area contributed by atoms with E-state index in [0.717, 1.165) is 18.7 Å². The van der Waals surface area contributed by atoms with Crippen molar-refractivity contribution in [3.8, 4) is 5.75 Å². The third kappa shape index (κ3) is 4.08. The van der Waals surface area contributed by atoms with Crippen molar-refractivity contribution in [1.82, 2.24) is 14.8 Å². The number of nitrogens with zero attached hydrogens (tertiary/aromatic N) is 3. The van der Waals surface area contributed by atoms with Gasteiger partial charge < -0.3 is 4.74 Å². The fraction of sp³-hybridized carbons (Fsp3) is 0.500. The molecule has 0 aliphatic heterocycles. The zero-order chi connectivity index (χ0) is 14.2. The SMILES string of the molecule is CCCC[C@@H](CCn1cncn1)c1ccc(OC)cc1. The van der Waals surface area contributed by atoms with E-state index in [1.54, 1.807) is 19.8 Å². The highest BCUT2D eigenvalue weighted by atomic mass is 16.5. The Balaban J connectivity index is 2.01. The van der Waals surface area contributed by atoms with Gasteiger partial charge in [0.15, 0.2) is 0 Å². The van der Waals surface area contributed by atoms with Crippen LogP contribution < -0.4 is 4.74 Å². The van der Waals surface area contributed by atoms with Gasteiger partial charge in [-0.1, -0.05) is 31.9 Å². The second-order valence-electron chi connectivity index (χ2n) is 5.06. The number of hydrogen-bond acceptors (Lipinski definition) is 3. The molecule has 0 aliphatic carbocycles. The fourth-order valence-corrected chi connectivity index (χ4v) is 2.44. The number of unbranched alkanes of at least 4 members (excludes halogenated alkanes) is 1. The van der Waals surface area contributed by atoms with Crippen LogP contribution in [-0.2, 0) is 6.54 Å². The number of methoxy groups -OCH3 is 1. The highest BCUT2D eigenvalue weighted by Gasteiger charge is 2.11. The van der Waals surface area contributed by atoms with Gasteiger partial charge in [-0.3, -0.25) is 4.68 Å². The van der Waals surface area contributed by atoms with Crippen LogP contribution in [0, 0.1) is 0 Å². The molecule has 1 aromatic carbocycles. The molecule has 0 saturated carbocycles. The first kappa shape index (κ1) is 14.6. The van der Waals surface area contributed by atoms with E-state index in [-0.39, 0.29) is 0 Å². The normalized spacial score (nSPS) is 12.3. The van der Waals surface area contributed by atoms with Crippen molar-refractivity contribution in [3.63, 3.8) is 0 Å². The van der Waals surface area contributed by atoms with E-state index in [0.29, 0.717) is 5.92 Å². The highest BCUT2D eigenvalue weighted by molar-refractivity contribution is 5.29. The minimum absolute atomic E-state index is 0.574. The molecule has 1 aromatic heterocycles. The summed E-state index contributed by atoms with van der Waals surface area (Å²) >= 11 is 0. The molecule has 108 valence electrons. The monoisotopic (exact) mass is 273 g/mol. The molecule has 0 saturated heterocycles. The van der Waals surface area contributed by atoms with Crippen molar-refractivity contribution in [2.24, 2.45) is 0 Å². The summed E-state index contributed by atoms with van der Waals surface area (Å²) < 4.78 is 7.13. The minimum Gasteiger partial charge on any atom is -0.497 e. The standard InChI is InChI=1S/C16H23N3O/c1-3-4-5-14(10-11-19-13-17-12-18-19)15-6-8-16(20-2)9-7-15/h6-9,12-14H,3-5,10-11H2,1-2H3/t14-/m0/s1. The predicted molar refractivity (Wildman–Crippen MR) is 79.9 cm³/mol. The molecule has 4 heteroatoms. The van der Waals surface area contributed by atoms with Crippen molar-refractivity contribution in [2.75, 3.05) is 7.11 Å². The average molecular weight is 273 g/mol. The fourth-order valence-electron chi connectivity index (χ4n) is 2.44. The van der Waals surface area contributed by atoms with Gasteiger partial charge in [-0.05, 0) is 36.5 Å². The van der Waals surface area contributed by atoms with Gasteiger partial charge in [0.05, 0.1) is 7.11 Å². The number of ether oxygens (including phenoxy) is 1. The van der Waals surface area contributed by atoms with Crippen LogP contribution in [-0.4, -0.2) is 21.9 Å².